The third-order valence-corrected chi connectivity index (χ3v) is 3.65. The second-order valence-corrected chi connectivity index (χ2v) is 5.62. The maximum absolute atomic E-state index is 11.6. The normalized spacial score (nSPS) is 22.0. The lowest BCUT2D eigenvalue weighted by molar-refractivity contribution is -0.152. The average molecular weight is 301 g/mol. The molecule has 1 saturated heterocycles. The Hall–Kier alpha value is -1.14. The lowest BCUT2D eigenvalue weighted by Crippen LogP contribution is -2.41. The van der Waals surface area contributed by atoms with Crippen molar-refractivity contribution in [2.75, 3.05) is 6.54 Å². The smallest absolute Gasteiger partial charge is 0.306 e. The zero-order valence-corrected chi connectivity index (χ0v) is 12.6. The van der Waals surface area contributed by atoms with Crippen molar-refractivity contribution < 1.29 is 24.5 Å². The van der Waals surface area contributed by atoms with Gasteiger partial charge in [-0.05, 0) is 19.3 Å². The molecule has 0 amide bonds. The molecule has 122 valence electrons. The molecule has 3 N–H and O–H groups in total. The summed E-state index contributed by atoms with van der Waals surface area (Å²) in [6.45, 7) is 0.676. The predicted octanol–water partition coefficient (Wildman–Crippen LogP) is 1.81. The number of piperidine rings is 1. The van der Waals surface area contributed by atoms with Crippen molar-refractivity contribution in [3.05, 3.63) is 0 Å². The monoisotopic (exact) mass is 301 g/mol. The van der Waals surface area contributed by atoms with Crippen molar-refractivity contribution >= 4 is 11.9 Å². The molecule has 6 heteroatoms. The Balaban J connectivity index is 1.92. The maximum atomic E-state index is 11.6. The van der Waals surface area contributed by atoms with E-state index in [4.69, 9.17) is 9.84 Å². The second kappa shape index (κ2) is 10.6. The molecule has 1 heterocycles. The van der Waals surface area contributed by atoms with Crippen LogP contribution in [0.15, 0.2) is 0 Å². The number of hydrogen-bond donors (Lipinski definition) is 3. The molecule has 0 aromatic heterocycles. The highest BCUT2D eigenvalue weighted by molar-refractivity contribution is 5.69. The van der Waals surface area contributed by atoms with Gasteiger partial charge in [-0.2, -0.15) is 0 Å². The van der Waals surface area contributed by atoms with Crippen LogP contribution in [0.2, 0.25) is 0 Å². The molecule has 0 spiro atoms. The van der Waals surface area contributed by atoms with E-state index in [1.165, 1.54) is 0 Å². The standard InChI is InChI=1S/C15H27NO5/c17-13-11-12(9-10-16-13)21-15(20)8-6-4-2-1-3-5-7-14(18)19/h12-13,16-17H,1-11H2,(H,18,19). The van der Waals surface area contributed by atoms with Crippen molar-refractivity contribution in [1.29, 1.82) is 0 Å². The van der Waals surface area contributed by atoms with Gasteiger partial charge < -0.3 is 14.9 Å². The van der Waals surface area contributed by atoms with Crippen LogP contribution in [-0.4, -0.2) is 41.0 Å². The molecular formula is C15H27NO5. The summed E-state index contributed by atoms with van der Waals surface area (Å²) in [4.78, 5) is 22.0. The van der Waals surface area contributed by atoms with E-state index in [9.17, 15) is 14.7 Å². The molecule has 0 bridgehead atoms. The van der Waals surface area contributed by atoms with Crippen LogP contribution in [0.25, 0.3) is 0 Å². The van der Waals surface area contributed by atoms with Gasteiger partial charge in [0.1, 0.15) is 12.3 Å². The van der Waals surface area contributed by atoms with E-state index in [2.05, 4.69) is 5.32 Å². The summed E-state index contributed by atoms with van der Waals surface area (Å²) in [6, 6.07) is 0. The Labute approximate surface area is 125 Å². The summed E-state index contributed by atoms with van der Waals surface area (Å²) >= 11 is 0. The van der Waals surface area contributed by atoms with Gasteiger partial charge in [-0.25, -0.2) is 0 Å². The van der Waals surface area contributed by atoms with Gasteiger partial charge in [0, 0.05) is 25.8 Å². The molecule has 0 radical (unpaired) electrons. The van der Waals surface area contributed by atoms with E-state index < -0.39 is 12.2 Å². The van der Waals surface area contributed by atoms with E-state index in [0.717, 1.165) is 44.9 Å². The van der Waals surface area contributed by atoms with Crippen LogP contribution in [0.4, 0.5) is 0 Å². The fraction of sp³-hybridized carbons (Fsp3) is 0.867. The molecule has 0 saturated carbocycles. The molecule has 6 nitrogen and oxygen atoms in total. The largest absolute Gasteiger partial charge is 0.481 e. The Kier molecular flexibility index (Phi) is 9.01. The summed E-state index contributed by atoms with van der Waals surface area (Å²) < 4.78 is 5.33. The number of unbranched alkanes of at least 4 members (excludes halogenated alkanes) is 5. The van der Waals surface area contributed by atoms with Crippen LogP contribution in [0.5, 0.6) is 0 Å². The number of carbonyl (C=O) groups excluding carboxylic acids is 1. The van der Waals surface area contributed by atoms with Crippen LogP contribution in [0, 0.1) is 0 Å². The first-order valence-corrected chi connectivity index (χ1v) is 7.90. The number of nitrogens with one attached hydrogen (secondary N) is 1. The highest BCUT2D eigenvalue weighted by Gasteiger charge is 2.22. The topological polar surface area (TPSA) is 95.9 Å². The van der Waals surface area contributed by atoms with Crippen molar-refractivity contribution in [2.45, 2.75) is 76.5 Å². The number of aliphatic hydroxyl groups excluding tert-OH is 1. The van der Waals surface area contributed by atoms with Crippen molar-refractivity contribution in [2.24, 2.45) is 0 Å². The fourth-order valence-corrected chi connectivity index (χ4v) is 2.47. The number of hydrogen-bond acceptors (Lipinski definition) is 5. The molecule has 0 aliphatic carbocycles. The Bertz CT molecular complexity index is 321. The lowest BCUT2D eigenvalue weighted by Gasteiger charge is -2.26. The number of aliphatic hydroxyl groups is 1. The number of carboxylic acid groups (broad SMARTS) is 1. The third-order valence-electron chi connectivity index (χ3n) is 3.65. The highest BCUT2D eigenvalue weighted by atomic mass is 16.5. The van der Waals surface area contributed by atoms with E-state index in [0.29, 0.717) is 19.4 Å². The molecule has 2 unspecified atom stereocenters. The first-order valence-electron chi connectivity index (χ1n) is 7.90. The number of ether oxygens (including phenoxy) is 1. The van der Waals surface area contributed by atoms with Gasteiger partial charge in [-0.1, -0.05) is 25.7 Å². The van der Waals surface area contributed by atoms with E-state index in [1.54, 1.807) is 0 Å². The number of carbonyl (C=O) groups is 2. The minimum atomic E-state index is -0.735. The summed E-state index contributed by atoms with van der Waals surface area (Å²) in [5.41, 5.74) is 0. The van der Waals surface area contributed by atoms with Gasteiger partial charge in [0.2, 0.25) is 0 Å². The van der Waals surface area contributed by atoms with Crippen LogP contribution >= 0.6 is 0 Å². The van der Waals surface area contributed by atoms with E-state index >= 15 is 0 Å². The number of esters is 1. The maximum Gasteiger partial charge on any atom is 0.306 e. The molecule has 1 aliphatic rings. The third kappa shape index (κ3) is 9.42. The Morgan fingerprint density at radius 2 is 1.67 bits per heavy atom. The SMILES string of the molecule is O=C(O)CCCCCCCCC(=O)OC1CCNC(O)C1. The lowest BCUT2D eigenvalue weighted by atomic mass is 10.1. The molecule has 2 atom stereocenters. The number of rotatable bonds is 10. The minimum absolute atomic E-state index is 0.162. The first kappa shape index (κ1) is 17.9. The molecular weight excluding hydrogens is 274 g/mol. The van der Waals surface area contributed by atoms with Crippen LogP contribution in [0.3, 0.4) is 0 Å². The van der Waals surface area contributed by atoms with Crippen LogP contribution in [-0.2, 0) is 14.3 Å². The number of aliphatic carboxylic acids is 1. The van der Waals surface area contributed by atoms with Gasteiger partial charge in [0.25, 0.3) is 0 Å². The molecule has 1 aliphatic heterocycles. The first-order chi connectivity index (χ1) is 10.1. The van der Waals surface area contributed by atoms with Crippen LogP contribution in [0.1, 0.15) is 64.2 Å². The van der Waals surface area contributed by atoms with Gasteiger partial charge >= 0.3 is 11.9 Å². The fourth-order valence-electron chi connectivity index (χ4n) is 2.47. The van der Waals surface area contributed by atoms with Crippen LogP contribution < -0.4 is 5.32 Å². The zero-order chi connectivity index (χ0) is 15.5. The minimum Gasteiger partial charge on any atom is -0.481 e. The van der Waals surface area contributed by atoms with E-state index in [1.807, 2.05) is 0 Å². The van der Waals surface area contributed by atoms with Gasteiger partial charge in [-0.15, -0.1) is 0 Å². The molecule has 1 rings (SSSR count). The average Bonchev–Trinajstić information content (AvgIpc) is 2.41. The van der Waals surface area contributed by atoms with Crippen molar-refractivity contribution in [3.8, 4) is 0 Å². The van der Waals surface area contributed by atoms with Crippen molar-refractivity contribution in [1.82, 2.24) is 5.32 Å². The molecule has 0 aromatic rings. The highest BCUT2D eigenvalue weighted by Crippen LogP contribution is 2.14. The summed E-state index contributed by atoms with van der Waals surface area (Å²) in [5, 5.41) is 20.8. The zero-order valence-electron chi connectivity index (χ0n) is 12.6. The molecule has 21 heavy (non-hydrogen) atoms. The number of carboxylic acids is 1. The van der Waals surface area contributed by atoms with Crippen molar-refractivity contribution in [3.63, 3.8) is 0 Å². The quantitative estimate of drug-likeness (QED) is 0.421. The Morgan fingerprint density at radius 1 is 1.05 bits per heavy atom. The summed E-state index contributed by atoms with van der Waals surface area (Å²) in [6.07, 6.45) is 6.65. The summed E-state index contributed by atoms with van der Waals surface area (Å²) in [5.74, 6) is -0.916. The van der Waals surface area contributed by atoms with Gasteiger partial charge in [0.15, 0.2) is 0 Å². The molecule has 1 fully saturated rings. The molecule has 0 aromatic carbocycles. The summed E-state index contributed by atoms with van der Waals surface area (Å²) in [7, 11) is 0. The Morgan fingerprint density at radius 3 is 2.29 bits per heavy atom. The van der Waals surface area contributed by atoms with E-state index in [-0.39, 0.29) is 18.5 Å². The van der Waals surface area contributed by atoms with Gasteiger partial charge in [0.05, 0.1) is 0 Å². The second-order valence-electron chi connectivity index (χ2n) is 5.62. The van der Waals surface area contributed by atoms with Gasteiger partial charge in [-0.3, -0.25) is 14.9 Å². The predicted molar refractivity (Wildman–Crippen MR) is 77.7 cm³/mol.